The molecule has 1 aliphatic rings. The molecule has 4 N–H and O–H groups in total. The largest absolute Gasteiger partial charge is 0.389 e. The van der Waals surface area contributed by atoms with Gasteiger partial charge in [-0.1, -0.05) is 0 Å². The Morgan fingerprint density at radius 3 is 2.64 bits per heavy atom. The molecule has 4 nitrogen and oxygen atoms in total. The van der Waals surface area contributed by atoms with Gasteiger partial charge in [-0.2, -0.15) is 0 Å². The fourth-order valence-electron chi connectivity index (χ4n) is 1.15. The van der Waals surface area contributed by atoms with E-state index in [4.69, 9.17) is 10.5 Å². The Hall–Kier alpha value is -0.160. The van der Waals surface area contributed by atoms with E-state index >= 15 is 0 Å². The van der Waals surface area contributed by atoms with Gasteiger partial charge in [0.1, 0.15) is 5.60 Å². The van der Waals surface area contributed by atoms with Gasteiger partial charge in [-0.25, -0.2) is 0 Å². The van der Waals surface area contributed by atoms with E-state index in [-0.39, 0.29) is 12.7 Å². The molecule has 0 aliphatic carbocycles. The van der Waals surface area contributed by atoms with Crippen molar-refractivity contribution < 1.29 is 14.9 Å². The molecule has 1 heterocycles. The van der Waals surface area contributed by atoms with Crippen molar-refractivity contribution in [2.45, 2.75) is 37.7 Å². The number of aliphatic hydroxyl groups excluding tert-OH is 1. The van der Waals surface area contributed by atoms with Crippen LogP contribution >= 0.6 is 0 Å². The van der Waals surface area contributed by atoms with Crippen LogP contribution in [0.25, 0.3) is 0 Å². The minimum absolute atomic E-state index is 0.187. The molecular formula is C7H15NO3. The van der Waals surface area contributed by atoms with E-state index in [1.165, 1.54) is 0 Å². The van der Waals surface area contributed by atoms with Crippen LogP contribution in [0.2, 0.25) is 0 Å². The smallest absolute Gasteiger partial charge is 0.103 e. The Labute approximate surface area is 66.0 Å². The van der Waals surface area contributed by atoms with E-state index in [0.29, 0.717) is 0 Å². The van der Waals surface area contributed by atoms with Crippen molar-refractivity contribution >= 4 is 0 Å². The second kappa shape index (κ2) is 2.71. The van der Waals surface area contributed by atoms with Crippen molar-refractivity contribution in [1.82, 2.24) is 0 Å². The fourth-order valence-corrected chi connectivity index (χ4v) is 1.15. The Morgan fingerprint density at radius 2 is 2.18 bits per heavy atom. The number of hydrogen-bond acceptors (Lipinski definition) is 4. The van der Waals surface area contributed by atoms with Crippen LogP contribution in [0.15, 0.2) is 0 Å². The second-order valence-electron chi connectivity index (χ2n) is 3.39. The number of nitrogens with two attached hydrogens (primary N) is 1. The van der Waals surface area contributed by atoms with Crippen LogP contribution in [0.1, 0.15) is 13.8 Å². The summed E-state index contributed by atoms with van der Waals surface area (Å²) in [6.45, 7) is 3.49. The molecule has 4 unspecified atom stereocenters. The van der Waals surface area contributed by atoms with E-state index in [9.17, 15) is 10.2 Å². The lowest BCUT2D eigenvalue weighted by Gasteiger charge is -2.41. The average molecular weight is 161 g/mol. The Kier molecular flexibility index (Phi) is 2.20. The molecule has 66 valence electrons. The van der Waals surface area contributed by atoms with Crippen molar-refractivity contribution in [2.24, 2.45) is 5.73 Å². The predicted octanol–water partition coefficient (Wildman–Crippen LogP) is -1.16. The predicted molar refractivity (Wildman–Crippen MR) is 40.0 cm³/mol. The van der Waals surface area contributed by atoms with E-state index in [1.54, 1.807) is 13.8 Å². The molecule has 1 saturated heterocycles. The maximum Gasteiger partial charge on any atom is 0.103 e. The topological polar surface area (TPSA) is 75.7 Å². The zero-order valence-electron chi connectivity index (χ0n) is 6.82. The third kappa shape index (κ3) is 1.54. The Bertz CT molecular complexity index is 149. The summed E-state index contributed by atoms with van der Waals surface area (Å²) in [6, 6.07) is -0.619. The average Bonchev–Trinajstić information content (AvgIpc) is 1.95. The molecule has 0 aromatic rings. The molecule has 0 radical (unpaired) electrons. The standard InChI is InChI=1S/C7H15NO3/c1-4-5(9)6(8)7(2,10)3-11-4/h4-6,9-10H,3,8H2,1-2H3. The molecule has 1 aliphatic heterocycles. The molecule has 0 aromatic carbocycles. The lowest BCUT2D eigenvalue weighted by atomic mass is 9.88. The second-order valence-corrected chi connectivity index (χ2v) is 3.39. The highest BCUT2D eigenvalue weighted by Gasteiger charge is 2.42. The maximum absolute atomic E-state index is 9.52. The number of ether oxygens (including phenoxy) is 1. The van der Waals surface area contributed by atoms with E-state index in [0.717, 1.165) is 0 Å². The highest BCUT2D eigenvalue weighted by atomic mass is 16.5. The first-order chi connectivity index (χ1) is 4.95. The van der Waals surface area contributed by atoms with Crippen molar-refractivity contribution in [3.63, 3.8) is 0 Å². The quantitative estimate of drug-likeness (QED) is 0.419. The zero-order valence-corrected chi connectivity index (χ0v) is 6.82. The number of rotatable bonds is 0. The molecule has 1 fully saturated rings. The SMILES string of the molecule is CC1OCC(C)(O)C(N)C1O. The molecular weight excluding hydrogens is 146 g/mol. The highest BCUT2D eigenvalue weighted by Crippen LogP contribution is 2.21. The van der Waals surface area contributed by atoms with Crippen LogP contribution in [0, 0.1) is 0 Å². The molecule has 0 aromatic heterocycles. The van der Waals surface area contributed by atoms with Gasteiger partial charge in [0.25, 0.3) is 0 Å². The maximum atomic E-state index is 9.52. The van der Waals surface area contributed by atoms with Gasteiger partial charge in [-0.05, 0) is 13.8 Å². The summed E-state index contributed by atoms with van der Waals surface area (Å²) in [6.07, 6.45) is -1.07. The van der Waals surface area contributed by atoms with Gasteiger partial charge in [0, 0.05) is 0 Å². The Balaban J connectivity index is 2.67. The minimum atomic E-state index is -1.11. The summed E-state index contributed by atoms with van der Waals surface area (Å²) in [7, 11) is 0. The lowest BCUT2D eigenvalue weighted by molar-refractivity contribution is -0.169. The van der Waals surface area contributed by atoms with Gasteiger partial charge >= 0.3 is 0 Å². The summed E-state index contributed by atoms with van der Waals surface area (Å²) in [5, 5.41) is 18.9. The van der Waals surface area contributed by atoms with E-state index in [1.807, 2.05) is 0 Å². The molecule has 4 atom stereocenters. The third-order valence-corrected chi connectivity index (χ3v) is 2.21. The first kappa shape index (κ1) is 8.93. The molecule has 4 heteroatoms. The molecule has 0 amide bonds. The monoisotopic (exact) mass is 161 g/mol. The van der Waals surface area contributed by atoms with Gasteiger partial charge in [0.05, 0.1) is 24.9 Å². The van der Waals surface area contributed by atoms with Crippen molar-refractivity contribution in [2.75, 3.05) is 6.61 Å². The summed E-state index contributed by atoms with van der Waals surface area (Å²) < 4.78 is 5.10. The lowest BCUT2D eigenvalue weighted by Crippen LogP contribution is -2.63. The van der Waals surface area contributed by atoms with Gasteiger partial charge in [-0.3, -0.25) is 0 Å². The first-order valence-corrected chi connectivity index (χ1v) is 3.73. The van der Waals surface area contributed by atoms with Crippen LogP contribution in [-0.4, -0.2) is 40.7 Å². The van der Waals surface area contributed by atoms with Crippen molar-refractivity contribution in [3.05, 3.63) is 0 Å². The van der Waals surface area contributed by atoms with Gasteiger partial charge < -0.3 is 20.7 Å². The molecule has 1 rings (SSSR count). The van der Waals surface area contributed by atoms with Crippen LogP contribution < -0.4 is 5.73 Å². The van der Waals surface area contributed by atoms with E-state index < -0.39 is 17.7 Å². The van der Waals surface area contributed by atoms with Gasteiger partial charge in [-0.15, -0.1) is 0 Å². The number of aliphatic hydroxyl groups is 2. The number of hydrogen-bond donors (Lipinski definition) is 3. The first-order valence-electron chi connectivity index (χ1n) is 3.73. The molecule has 0 saturated carbocycles. The minimum Gasteiger partial charge on any atom is -0.389 e. The van der Waals surface area contributed by atoms with Crippen LogP contribution in [-0.2, 0) is 4.74 Å². The van der Waals surface area contributed by atoms with Crippen molar-refractivity contribution in [3.8, 4) is 0 Å². The summed E-state index contributed by atoms with van der Waals surface area (Å²) >= 11 is 0. The normalized spacial score (nSPS) is 52.6. The molecule has 0 spiro atoms. The zero-order chi connectivity index (χ0) is 8.65. The Morgan fingerprint density at radius 1 is 1.64 bits per heavy atom. The van der Waals surface area contributed by atoms with Crippen molar-refractivity contribution in [1.29, 1.82) is 0 Å². The summed E-state index contributed by atoms with van der Waals surface area (Å²) in [4.78, 5) is 0. The third-order valence-electron chi connectivity index (χ3n) is 2.21. The summed E-state index contributed by atoms with van der Waals surface area (Å²) in [5.41, 5.74) is 4.46. The summed E-state index contributed by atoms with van der Waals surface area (Å²) in [5.74, 6) is 0. The highest BCUT2D eigenvalue weighted by molar-refractivity contribution is 4.96. The van der Waals surface area contributed by atoms with Crippen LogP contribution in [0.5, 0.6) is 0 Å². The van der Waals surface area contributed by atoms with E-state index in [2.05, 4.69) is 0 Å². The van der Waals surface area contributed by atoms with Crippen LogP contribution in [0.4, 0.5) is 0 Å². The van der Waals surface area contributed by atoms with Gasteiger partial charge in [0.2, 0.25) is 0 Å². The van der Waals surface area contributed by atoms with Gasteiger partial charge in [0.15, 0.2) is 0 Å². The molecule has 0 bridgehead atoms. The fraction of sp³-hybridized carbons (Fsp3) is 1.00. The molecule has 11 heavy (non-hydrogen) atoms. The van der Waals surface area contributed by atoms with Crippen LogP contribution in [0.3, 0.4) is 0 Å².